The first-order chi connectivity index (χ1) is 9.77. The summed E-state index contributed by atoms with van der Waals surface area (Å²) in [5.74, 6) is 1.76. The predicted octanol–water partition coefficient (Wildman–Crippen LogP) is 6.46. The molecule has 0 nitrogen and oxygen atoms in total. The average molecular weight is 351 g/mol. The molecule has 0 amide bonds. The summed E-state index contributed by atoms with van der Waals surface area (Å²) in [7, 11) is 0. The van der Waals surface area contributed by atoms with Gasteiger partial charge in [-0.1, -0.05) is 54.9 Å². The number of benzene rings is 1. The van der Waals surface area contributed by atoms with Gasteiger partial charge >= 0.3 is 0 Å². The molecular formula is C20H31Br. The first-order valence-corrected chi connectivity index (χ1v) is 9.39. The molecule has 1 aromatic carbocycles. The van der Waals surface area contributed by atoms with Crippen molar-refractivity contribution in [1.82, 2.24) is 0 Å². The zero-order chi connectivity index (χ0) is 15.6. The highest BCUT2D eigenvalue weighted by Gasteiger charge is 2.32. The minimum absolute atomic E-state index is 0.487. The highest BCUT2D eigenvalue weighted by Crippen LogP contribution is 2.42. The first kappa shape index (κ1) is 17.1. The molecular weight excluding hydrogens is 320 g/mol. The van der Waals surface area contributed by atoms with Crippen LogP contribution in [0.2, 0.25) is 0 Å². The van der Waals surface area contributed by atoms with E-state index in [-0.39, 0.29) is 0 Å². The van der Waals surface area contributed by atoms with E-state index in [9.17, 15) is 0 Å². The number of hydrogen-bond acceptors (Lipinski definition) is 0. The van der Waals surface area contributed by atoms with E-state index >= 15 is 0 Å². The fourth-order valence-corrected chi connectivity index (χ4v) is 4.57. The minimum Gasteiger partial charge on any atom is -0.0884 e. The average Bonchev–Trinajstić information content (AvgIpc) is 2.42. The third-order valence-corrected chi connectivity index (χ3v) is 6.58. The van der Waals surface area contributed by atoms with E-state index in [4.69, 9.17) is 0 Å². The van der Waals surface area contributed by atoms with Gasteiger partial charge in [0.05, 0.1) is 0 Å². The highest BCUT2D eigenvalue weighted by atomic mass is 79.9. The van der Waals surface area contributed by atoms with E-state index < -0.39 is 0 Å². The van der Waals surface area contributed by atoms with Crippen LogP contribution in [0.1, 0.15) is 63.1 Å². The standard InChI is InChI=1S/C20H31Br/c1-14-6-7-16(12-15(14)2)13-19(21)17-8-10-18(11-9-17)20(3,4)5/h6-7,12,17-19H,8-11,13H2,1-5H3. The zero-order valence-electron chi connectivity index (χ0n) is 14.4. The molecule has 1 aliphatic rings. The van der Waals surface area contributed by atoms with Crippen LogP contribution >= 0.6 is 15.9 Å². The summed E-state index contributed by atoms with van der Waals surface area (Å²) in [6.45, 7) is 11.6. The van der Waals surface area contributed by atoms with Crippen LogP contribution in [0.4, 0.5) is 0 Å². The molecule has 0 bridgehead atoms. The van der Waals surface area contributed by atoms with Crippen molar-refractivity contribution >= 4 is 15.9 Å². The monoisotopic (exact) mass is 350 g/mol. The third kappa shape index (κ3) is 4.58. The SMILES string of the molecule is Cc1ccc(CC(Br)C2CCC(C(C)(C)C)CC2)cc1C. The molecule has 0 saturated heterocycles. The number of alkyl halides is 1. The smallest absolute Gasteiger partial charge is 0.0214 e. The van der Waals surface area contributed by atoms with Crippen molar-refractivity contribution in [3.8, 4) is 0 Å². The molecule has 1 aromatic rings. The molecule has 21 heavy (non-hydrogen) atoms. The van der Waals surface area contributed by atoms with E-state index in [1.807, 2.05) is 0 Å². The number of aryl methyl sites for hydroxylation is 2. The molecule has 2 rings (SSSR count). The molecule has 0 spiro atoms. The van der Waals surface area contributed by atoms with Gasteiger partial charge in [0.25, 0.3) is 0 Å². The van der Waals surface area contributed by atoms with Gasteiger partial charge in [0.2, 0.25) is 0 Å². The second-order valence-corrected chi connectivity index (χ2v) is 9.29. The Labute approximate surface area is 139 Å². The summed E-state index contributed by atoms with van der Waals surface area (Å²) in [6.07, 6.45) is 6.77. The number of rotatable bonds is 3. The van der Waals surface area contributed by atoms with E-state index in [2.05, 4.69) is 68.7 Å². The molecule has 0 radical (unpaired) electrons. The van der Waals surface area contributed by atoms with Crippen LogP contribution in [0.25, 0.3) is 0 Å². The Morgan fingerprint density at radius 3 is 2.19 bits per heavy atom. The van der Waals surface area contributed by atoms with Gasteiger partial charge in [0, 0.05) is 4.83 Å². The molecule has 0 aromatic heterocycles. The second kappa shape index (κ2) is 6.86. The van der Waals surface area contributed by atoms with Crippen molar-refractivity contribution in [1.29, 1.82) is 0 Å². The van der Waals surface area contributed by atoms with Gasteiger partial charge in [-0.15, -0.1) is 0 Å². The number of halogens is 1. The fourth-order valence-electron chi connectivity index (χ4n) is 3.67. The Balaban J connectivity index is 1.90. The summed E-state index contributed by atoms with van der Waals surface area (Å²) in [4.78, 5) is 0.639. The summed E-state index contributed by atoms with van der Waals surface area (Å²) < 4.78 is 0. The van der Waals surface area contributed by atoms with Crippen LogP contribution in [0.3, 0.4) is 0 Å². The van der Waals surface area contributed by atoms with Crippen molar-refractivity contribution in [2.24, 2.45) is 17.3 Å². The van der Waals surface area contributed by atoms with Gasteiger partial charge in [0.1, 0.15) is 0 Å². The molecule has 118 valence electrons. The summed E-state index contributed by atoms with van der Waals surface area (Å²) in [5.41, 5.74) is 4.79. The lowest BCUT2D eigenvalue weighted by atomic mass is 9.69. The Bertz CT molecular complexity index is 461. The molecule has 1 atom stereocenters. The van der Waals surface area contributed by atoms with Crippen molar-refractivity contribution in [2.45, 2.75) is 71.5 Å². The Kier molecular flexibility index (Phi) is 5.57. The Morgan fingerprint density at radius 1 is 1.05 bits per heavy atom. The fraction of sp³-hybridized carbons (Fsp3) is 0.700. The molecule has 1 fully saturated rings. The van der Waals surface area contributed by atoms with Crippen LogP contribution < -0.4 is 0 Å². The quantitative estimate of drug-likeness (QED) is 0.548. The summed E-state index contributed by atoms with van der Waals surface area (Å²) in [6, 6.07) is 6.93. The van der Waals surface area contributed by atoms with Gasteiger partial charge in [-0.05, 0) is 79.9 Å². The summed E-state index contributed by atoms with van der Waals surface area (Å²) >= 11 is 3.99. The van der Waals surface area contributed by atoms with E-state index in [1.165, 1.54) is 48.8 Å². The van der Waals surface area contributed by atoms with E-state index in [1.54, 1.807) is 0 Å². The lowest BCUT2D eigenvalue weighted by Crippen LogP contribution is -2.29. The normalized spacial score (nSPS) is 24.9. The molecule has 1 heteroatoms. The van der Waals surface area contributed by atoms with Crippen molar-refractivity contribution < 1.29 is 0 Å². The number of hydrogen-bond donors (Lipinski definition) is 0. The molecule has 0 aliphatic heterocycles. The van der Waals surface area contributed by atoms with Crippen LogP contribution in [0.15, 0.2) is 18.2 Å². The Hall–Kier alpha value is -0.300. The molecule has 1 aliphatic carbocycles. The predicted molar refractivity (Wildman–Crippen MR) is 97.2 cm³/mol. The van der Waals surface area contributed by atoms with Gasteiger partial charge in [-0.3, -0.25) is 0 Å². The largest absolute Gasteiger partial charge is 0.0884 e. The first-order valence-electron chi connectivity index (χ1n) is 8.47. The van der Waals surface area contributed by atoms with Gasteiger partial charge in [-0.25, -0.2) is 0 Å². The van der Waals surface area contributed by atoms with Crippen LogP contribution in [-0.2, 0) is 6.42 Å². The maximum Gasteiger partial charge on any atom is 0.0214 e. The third-order valence-electron chi connectivity index (χ3n) is 5.51. The topological polar surface area (TPSA) is 0 Å². The lowest BCUT2D eigenvalue weighted by molar-refractivity contribution is 0.149. The van der Waals surface area contributed by atoms with E-state index in [0.717, 1.165) is 11.8 Å². The van der Waals surface area contributed by atoms with Crippen molar-refractivity contribution in [2.75, 3.05) is 0 Å². The van der Waals surface area contributed by atoms with Crippen LogP contribution in [0.5, 0.6) is 0 Å². The Morgan fingerprint density at radius 2 is 1.67 bits per heavy atom. The molecule has 0 N–H and O–H groups in total. The molecule has 1 saturated carbocycles. The van der Waals surface area contributed by atoms with Crippen molar-refractivity contribution in [3.63, 3.8) is 0 Å². The van der Waals surface area contributed by atoms with Crippen molar-refractivity contribution in [3.05, 3.63) is 34.9 Å². The van der Waals surface area contributed by atoms with Crippen LogP contribution in [0, 0.1) is 31.1 Å². The zero-order valence-corrected chi connectivity index (χ0v) is 16.0. The second-order valence-electron chi connectivity index (χ2n) is 8.12. The minimum atomic E-state index is 0.487. The summed E-state index contributed by atoms with van der Waals surface area (Å²) in [5, 5.41) is 0. The lowest BCUT2D eigenvalue weighted by Gasteiger charge is -2.38. The molecule has 0 heterocycles. The van der Waals surface area contributed by atoms with Crippen LogP contribution in [-0.4, -0.2) is 4.83 Å². The van der Waals surface area contributed by atoms with E-state index in [0.29, 0.717) is 10.2 Å². The highest BCUT2D eigenvalue weighted by molar-refractivity contribution is 9.09. The van der Waals surface area contributed by atoms with Gasteiger partial charge in [-0.2, -0.15) is 0 Å². The molecule has 1 unspecified atom stereocenters. The van der Waals surface area contributed by atoms with Gasteiger partial charge < -0.3 is 0 Å². The maximum atomic E-state index is 3.99. The maximum absolute atomic E-state index is 3.99. The van der Waals surface area contributed by atoms with Gasteiger partial charge in [0.15, 0.2) is 0 Å².